The number of Topliss-reactive ketones (excluding diaryl/α,β-unsaturated/α-hetero) is 1. The molecule has 1 heterocycles. The third kappa shape index (κ3) is 3.01. The number of hydrogen-bond donors (Lipinski definition) is 1. The summed E-state index contributed by atoms with van der Waals surface area (Å²) in [4.78, 5) is 12.8. The van der Waals surface area contributed by atoms with Gasteiger partial charge in [-0.1, -0.05) is 36.4 Å². The molecule has 4 heteroatoms. The van der Waals surface area contributed by atoms with Crippen LogP contribution in [0.4, 0.5) is 0 Å². The van der Waals surface area contributed by atoms with E-state index in [9.17, 15) is 9.90 Å². The Morgan fingerprint density at radius 3 is 2.88 bits per heavy atom. The van der Waals surface area contributed by atoms with E-state index in [0.717, 1.165) is 24.0 Å². The summed E-state index contributed by atoms with van der Waals surface area (Å²) in [6, 6.07) is 13.4. The molecule has 2 atom stereocenters. The first kappa shape index (κ1) is 16.9. The highest BCUT2D eigenvalue weighted by Crippen LogP contribution is 2.43. The van der Waals surface area contributed by atoms with Crippen molar-refractivity contribution in [3.8, 4) is 11.5 Å². The number of ether oxygens (including phenoxy) is 2. The number of aromatic hydroxyl groups is 1. The summed E-state index contributed by atoms with van der Waals surface area (Å²) in [6.07, 6.45) is 5.66. The maximum absolute atomic E-state index is 12.8. The Hall–Kier alpha value is -2.59. The highest BCUT2D eigenvalue weighted by Gasteiger charge is 2.47. The number of phenolic OH excluding ortho intramolecular Hbond substituents is 1. The largest absolute Gasteiger partial charge is 0.507 e. The Morgan fingerprint density at radius 1 is 1.27 bits per heavy atom. The van der Waals surface area contributed by atoms with E-state index in [4.69, 9.17) is 9.47 Å². The third-order valence-corrected chi connectivity index (χ3v) is 5.08. The van der Waals surface area contributed by atoms with Gasteiger partial charge in [0.25, 0.3) is 0 Å². The zero-order valence-electron chi connectivity index (χ0n) is 14.8. The van der Waals surface area contributed by atoms with Gasteiger partial charge in [0.1, 0.15) is 23.2 Å². The Kier molecular flexibility index (Phi) is 4.29. The number of benzene rings is 2. The zero-order valence-corrected chi connectivity index (χ0v) is 14.8. The maximum Gasteiger partial charge on any atom is 0.174 e. The van der Waals surface area contributed by atoms with Gasteiger partial charge in [0.15, 0.2) is 11.4 Å². The molecule has 0 amide bonds. The second-order valence-electron chi connectivity index (χ2n) is 7.08. The van der Waals surface area contributed by atoms with E-state index in [1.807, 2.05) is 49.4 Å². The Bertz CT molecular complexity index is 856. The number of allylic oxidation sites excluding steroid dienone is 1. The van der Waals surface area contributed by atoms with Crippen molar-refractivity contribution < 1.29 is 19.4 Å². The monoisotopic (exact) mass is 350 g/mol. The van der Waals surface area contributed by atoms with E-state index in [2.05, 4.69) is 6.08 Å². The number of aryl methyl sites for hydroxylation is 1. The molecule has 1 spiro atoms. The molecule has 0 bridgehead atoms. The number of hydrogen-bond acceptors (Lipinski definition) is 4. The van der Waals surface area contributed by atoms with Crippen LogP contribution in [0.15, 0.2) is 54.6 Å². The lowest BCUT2D eigenvalue weighted by Gasteiger charge is -2.43. The molecule has 2 aromatic carbocycles. The first-order valence-corrected chi connectivity index (χ1v) is 8.96. The van der Waals surface area contributed by atoms with Crippen LogP contribution < -0.4 is 4.74 Å². The molecular formula is C22H22O4. The fourth-order valence-electron chi connectivity index (χ4n) is 3.83. The minimum atomic E-state index is -0.808. The summed E-state index contributed by atoms with van der Waals surface area (Å²) in [7, 11) is 0. The molecule has 1 aliphatic carbocycles. The van der Waals surface area contributed by atoms with E-state index in [0.29, 0.717) is 12.4 Å². The standard InChI is InChI=1S/C22H22O4/c1-15-11-17(23)21-18(24)13-22(26-19(21)12-15)10-6-5-9-20(22)25-14-16-7-3-2-4-8-16/h2-4,6-8,10-12,20,23H,5,9,13-14H2,1H3/t20-,22+/m0/s1. The van der Waals surface area contributed by atoms with E-state index in [-0.39, 0.29) is 29.6 Å². The van der Waals surface area contributed by atoms with Gasteiger partial charge in [0, 0.05) is 0 Å². The summed E-state index contributed by atoms with van der Waals surface area (Å²) in [5.41, 5.74) is 1.42. The minimum absolute atomic E-state index is 0.0126. The smallest absolute Gasteiger partial charge is 0.174 e. The first-order valence-electron chi connectivity index (χ1n) is 8.96. The van der Waals surface area contributed by atoms with Crippen LogP contribution in [0.1, 0.15) is 40.7 Å². The SMILES string of the molecule is Cc1cc(O)c2c(c1)O[C@]1(C=CCC[C@@H]1OCc1ccccc1)CC2=O. The Morgan fingerprint density at radius 2 is 2.08 bits per heavy atom. The van der Waals surface area contributed by atoms with E-state index < -0.39 is 5.60 Å². The second kappa shape index (κ2) is 6.61. The van der Waals surface area contributed by atoms with Crippen molar-refractivity contribution in [2.75, 3.05) is 0 Å². The number of phenols is 1. The predicted octanol–water partition coefficient (Wildman–Crippen LogP) is 4.34. The summed E-state index contributed by atoms with van der Waals surface area (Å²) in [6.45, 7) is 2.35. The van der Waals surface area contributed by atoms with E-state index >= 15 is 0 Å². The van der Waals surface area contributed by atoms with Gasteiger partial charge < -0.3 is 14.6 Å². The number of carbonyl (C=O) groups is 1. The maximum atomic E-state index is 12.8. The molecule has 0 saturated heterocycles. The fourth-order valence-corrected chi connectivity index (χ4v) is 3.83. The molecule has 26 heavy (non-hydrogen) atoms. The lowest BCUT2D eigenvalue weighted by Crippen LogP contribution is -2.52. The zero-order chi connectivity index (χ0) is 18.1. The van der Waals surface area contributed by atoms with Gasteiger partial charge in [-0.15, -0.1) is 0 Å². The number of carbonyl (C=O) groups excluding carboxylic acids is 1. The molecule has 0 fully saturated rings. The van der Waals surface area contributed by atoms with Crippen LogP contribution in [0.3, 0.4) is 0 Å². The first-order chi connectivity index (χ1) is 12.6. The van der Waals surface area contributed by atoms with Crippen molar-refractivity contribution in [3.63, 3.8) is 0 Å². The fraction of sp³-hybridized carbons (Fsp3) is 0.318. The Labute approximate surface area is 153 Å². The van der Waals surface area contributed by atoms with E-state index in [1.165, 1.54) is 0 Å². The molecule has 0 saturated carbocycles. The van der Waals surface area contributed by atoms with Gasteiger partial charge in [0.05, 0.1) is 13.0 Å². The molecule has 2 aliphatic rings. The molecule has 4 nitrogen and oxygen atoms in total. The highest BCUT2D eigenvalue weighted by atomic mass is 16.6. The van der Waals surface area contributed by atoms with Crippen LogP contribution in [0.2, 0.25) is 0 Å². The molecular weight excluding hydrogens is 328 g/mol. The van der Waals surface area contributed by atoms with Gasteiger partial charge >= 0.3 is 0 Å². The van der Waals surface area contributed by atoms with Crippen LogP contribution >= 0.6 is 0 Å². The lowest BCUT2D eigenvalue weighted by atomic mass is 9.80. The average molecular weight is 350 g/mol. The molecule has 4 rings (SSSR count). The van der Waals surface area contributed by atoms with Crippen molar-refractivity contribution in [3.05, 3.63) is 71.3 Å². The highest BCUT2D eigenvalue weighted by molar-refractivity contribution is 6.03. The van der Waals surface area contributed by atoms with Crippen LogP contribution in [0, 0.1) is 6.92 Å². The third-order valence-electron chi connectivity index (χ3n) is 5.08. The summed E-state index contributed by atoms with van der Waals surface area (Å²) in [5, 5.41) is 10.2. The van der Waals surface area contributed by atoms with Gasteiger partial charge in [-0.2, -0.15) is 0 Å². The van der Waals surface area contributed by atoms with Crippen molar-refractivity contribution in [1.29, 1.82) is 0 Å². The summed E-state index contributed by atoms with van der Waals surface area (Å²) >= 11 is 0. The normalized spacial score (nSPS) is 24.3. The molecule has 0 unspecified atom stereocenters. The molecule has 2 aromatic rings. The molecule has 0 aromatic heterocycles. The van der Waals surface area contributed by atoms with Gasteiger partial charge in [-0.05, 0) is 49.1 Å². The van der Waals surface area contributed by atoms with Crippen LogP contribution in [-0.2, 0) is 11.3 Å². The predicted molar refractivity (Wildman–Crippen MR) is 98.5 cm³/mol. The van der Waals surface area contributed by atoms with Crippen LogP contribution in [-0.4, -0.2) is 22.6 Å². The average Bonchev–Trinajstić information content (AvgIpc) is 2.61. The van der Waals surface area contributed by atoms with Gasteiger partial charge in [-0.25, -0.2) is 0 Å². The van der Waals surface area contributed by atoms with Crippen molar-refractivity contribution in [2.45, 2.75) is 44.5 Å². The molecule has 1 aliphatic heterocycles. The van der Waals surface area contributed by atoms with Gasteiger partial charge in [-0.3, -0.25) is 4.79 Å². The number of fused-ring (bicyclic) bond motifs is 1. The van der Waals surface area contributed by atoms with Crippen molar-refractivity contribution in [2.24, 2.45) is 0 Å². The second-order valence-corrected chi connectivity index (χ2v) is 7.08. The van der Waals surface area contributed by atoms with Crippen molar-refractivity contribution in [1.82, 2.24) is 0 Å². The molecule has 0 radical (unpaired) electrons. The van der Waals surface area contributed by atoms with Crippen LogP contribution in [0.25, 0.3) is 0 Å². The van der Waals surface area contributed by atoms with E-state index in [1.54, 1.807) is 6.07 Å². The lowest BCUT2D eigenvalue weighted by molar-refractivity contribution is -0.0842. The molecule has 1 N–H and O–H groups in total. The summed E-state index contributed by atoms with van der Waals surface area (Å²) in [5.74, 6) is 0.323. The minimum Gasteiger partial charge on any atom is -0.507 e. The quantitative estimate of drug-likeness (QED) is 0.837. The number of rotatable bonds is 3. The van der Waals surface area contributed by atoms with Crippen LogP contribution in [0.5, 0.6) is 11.5 Å². The van der Waals surface area contributed by atoms with Gasteiger partial charge in [0.2, 0.25) is 0 Å². The van der Waals surface area contributed by atoms with Crippen molar-refractivity contribution >= 4 is 5.78 Å². The number of ketones is 1. The summed E-state index contributed by atoms with van der Waals surface area (Å²) < 4.78 is 12.5. The topological polar surface area (TPSA) is 55.8 Å². The molecule has 134 valence electrons. The Balaban J connectivity index is 1.63.